The van der Waals surface area contributed by atoms with Gasteiger partial charge in [-0.3, -0.25) is 9.59 Å². The second-order valence-corrected chi connectivity index (χ2v) is 4.79. The predicted molar refractivity (Wildman–Crippen MR) is 82.4 cm³/mol. The van der Waals surface area contributed by atoms with Gasteiger partial charge in [0.2, 0.25) is 5.56 Å². The van der Waals surface area contributed by atoms with Crippen molar-refractivity contribution in [3.63, 3.8) is 0 Å². The van der Waals surface area contributed by atoms with Crippen molar-refractivity contribution in [2.75, 3.05) is 5.32 Å². The van der Waals surface area contributed by atoms with Crippen LogP contribution >= 0.6 is 23.8 Å². The highest BCUT2D eigenvalue weighted by molar-refractivity contribution is 7.80. The van der Waals surface area contributed by atoms with Crippen molar-refractivity contribution >= 4 is 40.4 Å². The number of benzene rings is 1. The molecule has 0 unspecified atom stereocenters. The molecule has 2 aromatic rings. The van der Waals surface area contributed by atoms with Gasteiger partial charge in [0, 0.05) is 11.6 Å². The molecule has 0 atom stereocenters. The van der Waals surface area contributed by atoms with Gasteiger partial charge in [-0.2, -0.15) is 0 Å². The summed E-state index contributed by atoms with van der Waals surface area (Å²) in [6.07, 6.45) is 0. The van der Waals surface area contributed by atoms with Gasteiger partial charge in [-0.25, -0.2) is 0 Å². The highest BCUT2D eigenvalue weighted by Gasteiger charge is 2.10. The highest BCUT2D eigenvalue weighted by Crippen LogP contribution is 2.23. The van der Waals surface area contributed by atoms with Gasteiger partial charge in [-0.15, -0.1) is 0 Å². The SMILES string of the molecule is NC(=S)c1ccc(NC(=O)c2cccc(=O)[nH]2)c(Cl)c1. The van der Waals surface area contributed by atoms with E-state index in [2.05, 4.69) is 10.3 Å². The average Bonchev–Trinajstić information content (AvgIpc) is 2.40. The summed E-state index contributed by atoms with van der Waals surface area (Å²) in [6, 6.07) is 9.11. The second kappa shape index (κ2) is 5.85. The third-order valence-corrected chi connectivity index (χ3v) is 3.06. The number of nitrogens with one attached hydrogen (secondary N) is 2. The van der Waals surface area contributed by atoms with Crippen LogP contribution in [0, 0.1) is 0 Å². The maximum absolute atomic E-state index is 11.9. The molecule has 0 bridgehead atoms. The first kappa shape index (κ1) is 14.2. The lowest BCUT2D eigenvalue weighted by Crippen LogP contribution is -2.18. The Balaban J connectivity index is 2.24. The molecule has 0 spiro atoms. The minimum Gasteiger partial charge on any atom is -0.389 e. The Morgan fingerprint density at radius 3 is 2.65 bits per heavy atom. The minimum atomic E-state index is -0.465. The van der Waals surface area contributed by atoms with Crippen LogP contribution in [-0.2, 0) is 0 Å². The number of thiocarbonyl (C=S) groups is 1. The Labute approximate surface area is 124 Å². The van der Waals surface area contributed by atoms with Gasteiger partial charge in [0.15, 0.2) is 0 Å². The summed E-state index contributed by atoms with van der Waals surface area (Å²) in [5.41, 5.74) is 6.29. The number of aromatic nitrogens is 1. The monoisotopic (exact) mass is 307 g/mol. The van der Waals surface area contributed by atoms with Gasteiger partial charge in [-0.05, 0) is 24.3 Å². The van der Waals surface area contributed by atoms with Crippen molar-refractivity contribution in [3.8, 4) is 0 Å². The zero-order valence-corrected chi connectivity index (χ0v) is 11.7. The fourth-order valence-electron chi connectivity index (χ4n) is 1.54. The fraction of sp³-hybridized carbons (Fsp3) is 0. The van der Waals surface area contributed by atoms with Crippen molar-refractivity contribution in [1.82, 2.24) is 4.98 Å². The second-order valence-electron chi connectivity index (χ2n) is 3.94. The van der Waals surface area contributed by atoms with E-state index in [1.807, 2.05) is 0 Å². The molecule has 1 aromatic carbocycles. The van der Waals surface area contributed by atoms with Crippen molar-refractivity contribution in [3.05, 3.63) is 63.0 Å². The van der Waals surface area contributed by atoms with Crippen LogP contribution in [-0.4, -0.2) is 15.9 Å². The zero-order valence-electron chi connectivity index (χ0n) is 10.1. The first-order chi connectivity index (χ1) is 9.47. The maximum atomic E-state index is 11.9. The number of hydrogen-bond acceptors (Lipinski definition) is 3. The van der Waals surface area contributed by atoms with Crippen molar-refractivity contribution in [2.24, 2.45) is 5.73 Å². The molecule has 0 aliphatic rings. The lowest BCUT2D eigenvalue weighted by Gasteiger charge is -2.08. The number of carbonyl (C=O) groups is 1. The predicted octanol–water partition coefficient (Wildman–Crippen LogP) is 1.91. The fourth-order valence-corrected chi connectivity index (χ4v) is 1.89. The Bertz CT molecular complexity index is 742. The summed E-state index contributed by atoms with van der Waals surface area (Å²) in [6.45, 7) is 0. The summed E-state index contributed by atoms with van der Waals surface area (Å²) >= 11 is 10.9. The molecule has 5 nitrogen and oxygen atoms in total. The van der Waals surface area contributed by atoms with Crippen molar-refractivity contribution in [1.29, 1.82) is 0 Å². The van der Waals surface area contributed by atoms with Gasteiger partial charge in [0.05, 0.1) is 10.7 Å². The zero-order chi connectivity index (χ0) is 14.7. The van der Waals surface area contributed by atoms with Crippen molar-refractivity contribution < 1.29 is 4.79 Å². The van der Waals surface area contributed by atoms with Crippen LogP contribution < -0.4 is 16.6 Å². The number of H-pyrrole nitrogens is 1. The van der Waals surface area contributed by atoms with E-state index in [-0.39, 0.29) is 16.2 Å². The lowest BCUT2D eigenvalue weighted by molar-refractivity contribution is 0.102. The summed E-state index contributed by atoms with van der Waals surface area (Å²) in [5.74, 6) is -0.465. The third-order valence-electron chi connectivity index (χ3n) is 2.51. The molecule has 7 heteroatoms. The summed E-state index contributed by atoms with van der Waals surface area (Å²) in [7, 11) is 0. The summed E-state index contributed by atoms with van der Waals surface area (Å²) in [4.78, 5) is 25.7. The molecular weight excluding hydrogens is 298 g/mol. The van der Waals surface area contributed by atoms with E-state index < -0.39 is 5.91 Å². The molecule has 0 radical (unpaired) electrons. The molecule has 1 heterocycles. The van der Waals surface area contributed by atoms with Crippen LogP contribution in [0.15, 0.2) is 41.2 Å². The number of carbonyl (C=O) groups excluding carboxylic acids is 1. The molecule has 4 N–H and O–H groups in total. The Morgan fingerprint density at radius 2 is 2.05 bits per heavy atom. The summed E-state index contributed by atoms with van der Waals surface area (Å²) < 4.78 is 0. The standard InChI is InChI=1S/C13H10ClN3O2S/c14-8-6-7(12(15)20)4-5-9(8)17-13(19)10-2-1-3-11(18)16-10/h1-6H,(H2,15,20)(H,16,18)(H,17,19). The number of amides is 1. The van der Waals surface area contributed by atoms with E-state index in [1.54, 1.807) is 18.2 Å². The van der Waals surface area contributed by atoms with Crippen LogP contribution in [0.4, 0.5) is 5.69 Å². The van der Waals surface area contributed by atoms with Crippen molar-refractivity contribution in [2.45, 2.75) is 0 Å². The summed E-state index contributed by atoms with van der Waals surface area (Å²) in [5, 5.41) is 2.90. The number of rotatable bonds is 3. The van der Waals surface area contributed by atoms with E-state index in [0.717, 1.165) is 0 Å². The van der Waals surface area contributed by atoms with E-state index in [4.69, 9.17) is 29.6 Å². The number of pyridine rings is 1. The number of anilines is 1. The first-order valence-electron chi connectivity index (χ1n) is 5.57. The molecule has 102 valence electrons. The molecule has 1 amide bonds. The van der Waals surface area contributed by atoms with E-state index in [0.29, 0.717) is 16.3 Å². The van der Waals surface area contributed by atoms with E-state index in [9.17, 15) is 9.59 Å². The normalized spacial score (nSPS) is 10.1. The largest absolute Gasteiger partial charge is 0.389 e. The molecular formula is C13H10ClN3O2S. The molecule has 2 rings (SSSR count). The first-order valence-corrected chi connectivity index (χ1v) is 6.36. The van der Waals surface area contributed by atoms with Gasteiger partial charge in [0.1, 0.15) is 10.7 Å². The van der Waals surface area contributed by atoms with E-state index in [1.165, 1.54) is 18.2 Å². The van der Waals surface area contributed by atoms with Gasteiger partial charge >= 0.3 is 0 Å². The smallest absolute Gasteiger partial charge is 0.272 e. The topological polar surface area (TPSA) is 88.0 Å². The number of aromatic amines is 1. The van der Waals surface area contributed by atoms with Crippen LogP contribution in [0.1, 0.15) is 16.1 Å². The number of nitrogens with two attached hydrogens (primary N) is 1. The van der Waals surface area contributed by atoms with Crippen LogP contribution in [0.5, 0.6) is 0 Å². The van der Waals surface area contributed by atoms with Gasteiger partial charge < -0.3 is 16.0 Å². The molecule has 0 saturated carbocycles. The third kappa shape index (κ3) is 3.23. The highest BCUT2D eigenvalue weighted by atomic mass is 35.5. The average molecular weight is 308 g/mol. The Hall–Kier alpha value is -2.18. The number of halogens is 1. The lowest BCUT2D eigenvalue weighted by atomic mass is 10.2. The van der Waals surface area contributed by atoms with E-state index >= 15 is 0 Å². The number of hydrogen-bond donors (Lipinski definition) is 3. The van der Waals surface area contributed by atoms with Crippen LogP contribution in [0.2, 0.25) is 5.02 Å². The quantitative estimate of drug-likeness (QED) is 0.756. The molecule has 0 fully saturated rings. The molecule has 0 aliphatic carbocycles. The van der Waals surface area contributed by atoms with Crippen LogP contribution in [0.3, 0.4) is 0 Å². The van der Waals surface area contributed by atoms with Gasteiger partial charge in [-0.1, -0.05) is 29.9 Å². The van der Waals surface area contributed by atoms with Crippen LogP contribution in [0.25, 0.3) is 0 Å². The maximum Gasteiger partial charge on any atom is 0.272 e. The minimum absolute atomic E-state index is 0.145. The molecule has 1 aromatic heterocycles. The molecule has 20 heavy (non-hydrogen) atoms. The molecule has 0 saturated heterocycles. The Kier molecular flexibility index (Phi) is 4.16. The Morgan fingerprint density at radius 1 is 1.30 bits per heavy atom. The molecule has 0 aliphatic heterocycles. The van der Waals surface area contributed by atoms with Gasteiger partial charge in [0.25, 0.3) is 5.91 Å².